The van der Waals surface area contributed by atoms with Gasteiger partial charge in [-0.2, -0.15) is 0 Å². The Labute approximate surface area is 79.4 Å². The summed E-state index contributed by atoms with van der Waals surface area (Å²) in [4.78, 5) is 0. The van der Waals surface area contributed by atoms with Crippen molar-refractivity contribution >= 4 is 10.0 Å². The van der Waals surface area contributed by atoms with E-state index in [9.17, 15) is 8.42 Å². The van der Waals surface area contributed by atoms with E-state index in [-0.39, 0.29) is 17.9 Å². The van der Waals surface area contributed by atoms with Crippen LogP contribution in [0.25, 0.3) is 0 Å². The minimum Gasteiger partial charge on any atom is -0.395 e. The number of aliphatic hydroxyl groups is 1. The summed E-state index contributed by atoms with van der Waals surface area (Å²) in [6.45, 7) is 1.51. The van der Waals surface area contributed by atoms with Gasteiger partial charge in [-0.25, -0.2) is 13.1 Å². The molecular weight excluding hydrogens is 190 g/mol. The van der Waals surface area contributed by atoms with Crippen molar-refractivity contribution in [1.82, 2.24) is 4.72 Å². The summed E-state index contributed by atoms with van der Waals surface area (Å²) in [5.74, 6) is 0. The van der Waals surface area contributed by atoms with Crippen LogP contribution in [0.1, 0.15) is 32.6 Å². The lowest BCUT2D eigenvalue weighted by Gasteiger charge is -2.15. The first kappa shape index (κ1) is 10.9. The van der Waals surface area contributed by atoms with Gasteiger partial charge >= 0.3 is 0 Å². The minimum atomic E-state index is -3.18. The van der Waals surface area contributed by atoms with Gasteiger partial charge in [0, 0.05) is 6.04 Å². The molecule has 0 bridgehead atoms. The van der Waals surface area contributed by atoms with Crippen LogP contribution in [0.4, 0.5) is 0 Å². The largest absolute Gasteiger partial charge is 0.395 e. The number of aliphatic hydroxyl groups excluding tert-OH is 1. The predicted molar refractivity (Wildman–Crippen MR) is 50.9 cm³/mol. The van der Waals surface area contributed by atoms with Crippen LogP contribution in [0, 0.1) is 0 Å². The van der Waals surface area contributed by atoms with Gasteiger partial charge in [0.05, 0.1) is 11.9 Å². The topological polar surface area (TPSA) is 66.4 Å². The summed E-state index contributed by atoms with van der Waals surface area (Å²) in [5.41, 5.74) is 0. The highest BCUT2D eigenvalue weighted by molar-refractivity contribution is 7.90. The van der Waals surface area contributed by atoms with Crippen molar-refractivity contribution < 1.29 is 13.5 Å². The lowest BCUT2D eigenvalue weighted by atomic mass is 10.4. The van der Waals surface area contributed by atoms with E-state index in [1.54, 1.807) is 6.92 Å². The molecule has 0 aliphatic heterocycles. The van der Waals surface area contributed by atoms with Gasteiger partial charge in [-0.1, -0.05) is 12.8 Å². The zero-order valence-corrected chi connectivity index (χ0v) is 8.68. The Morgan fingerprint density at radius 3 is 2.46 bits per heavy atom. The van der Waals surface area contributed by atoms with Crippen LogP contribution in [0.5, 0.6) is 0 Å². The molecule has 5 heteroatoms. The van der Waals surface area contributed by atoms with Crippen LogP contribution in [0.15, 0.2) is 0 Å². The number of sulfonamides is 1. The second-order valence-electron chi connectivity index (χ2n) is 3.65. The van der Waals surface area contributed by atoms with Gasteiger partial charge in [0.15, 0.2) is 0 Å². The molecule has 0 aromatic carbocycles. The second-order valence-corrected chi connectivity index (χ2v) is 5.65. The van der Waals surface area contributed by atoms with Crippen molar-refractivity contribution in [3.05, 3.63) is 0 Å². The fraction of sp³-hybridized carbons (Fsp3) is 1.00. The van der Waals surface area contributed by atoms with Crippen LogP contribution in [0.3, 0.4) is 0 Å². The molecule has 1 aliphatic rings. The molecule has 0 aromatic heterocycles. The fourth-order valence-electron chi connectivity index (χ4n) is 1.61. The van der Waals surface area contributed by atoms with E-state index >= 15 is 0 Å². The van der Waals surface area contributed by atoms with E-state index in [0.29, 0.717) is 0 Å². The molecule has 2 N–H and O–H groups in total. The van der Waals surface area contributed by atoms with Crippen molar-refractivity contribution in [1.29, 1.82) is 0 Å². The third-order valence-corrected chi connectivity index (χ3v) is 4.46. The van der Waals surface area contributed by atoms with Gasteiger partial charge in [0.2, 0.25) is 10.0 Å². The molecular formula is C8H17NO3S. The highest BCUT2D eigenvalue weighted by Crippen LogP contribution is 2.23. The van der Waals surface area contributed by atoms with E-state index in [1.165, 1.54) is 0 Å². The van der Waals surface area contributed by atoms with Crippen molar-refractivity contribution in [3.63, 3.8) is 0 Å². The molecule has 1 rings (SSSR count). The highest BCUT2D eigenvalue weighted by atomic mass is 32.2. The molecule has 1 atom stereocenters. The standard InChI is InChI=1S/C8H17NO3S/c1-7(6-10)9-13(11,12)8-4-2-3-5-8/h7-10H,2-6H2,1H3/t7-/m0/s1. The van der Waals surface area contributed by atoms with Crippen LogP contribution < -0.4 is 4.72 Å². The Bertz CT molecular complexity index is 244. The summed E-state index contributed by atoms with van der Waals surface area (Å²) >= 11 is 0. The predicted octanol–water partition coefficient (Wildman–Crippen LogP) is 0.229. The number of rotatable bonds is 4. The Kier molecular flexibility index (Phi) is 3.70. The fourth-order valence-corrected chi connectivity index (χ4v) is 3.39. The van der Waals surface area contributed by atoms with Crippen LogP contribution in [-0.2, 0) is 10.0 Å². The molecule has 1 aliphatic carbocycles. The average molecular weight is 207 g/mol. The molecule has 1 saturated carbocycles. The third-order valence-electron chi connectivity index (χ3n) is 2.38. The average Bonchev–Trinajstić information content (AvgIpc) is 2.55. The number of hydrogen-bond acceptors (Lipinski definition) is 3. The maximum Gasteiger partial charge on any atom is 0.214 e. The maximum absolute atomic E-state index is 11.6. The molecule has 0 aromatic rings. The molecule has 0 amide bonds. The number of nitrogens with one attached hydrogen (secondary N) is 1. The Morgan fingerprint density at radius 2 is 2.00 bits per heavy atom. The molecule has 0 unspecified atom stereocenters. The molecule has 4 nitrogen and oxygen atoms in total. The van der Waals surface area contributed by atoms with Gasteiger partial charge in [-0.3, -0.25) is 0 Å². The van der Waals surface area contributed by atoms with E-state index in [0.717, 1.165) is 25.7 Å². The Hall–Kier alpha value is -0.130. The summed E-state index contributed by atoms with van der Waals surface area (Å²) in [6.07, 6.45) is 3.51. The van der Waals surface area contributed by atoms with Crippen molar-refractivity contribution in [2.45, 2.75) is 43.9 Å². The summed E-state index contributed by atoms with van der Waals surface area (Å²) in [6, 6.07) is -0.370. The highest BCUT2D eigenvalue weighted by Gasteiger charge is 2.29. The van der Waals surface area contributed by atoms with Crippen molar-refractivity contribution in [2.24, 2.45) is 0 Å². The molecule has 0 heterocycles. The van der Waals surface area contributed by atoms with E-state index < -0.39 is 10.0 Å². The van der Waals surface area contributed by atoms with Gasteiger partial charge in [-0.15, -0.1) is 0 Å². The third kappa shape index (κ3) is 2.93. The lowest BCUT2D eigenvalue weighted by molar-refractivity contribution is 0.265. The zero-order chi connectivity index (χ0) is 9.90. The van der Waals surface area contributed by atoms with Crippen LogP contribution in [-0.4, -0.2) is 31.4 Å². The van der Waals surface area contributed by atoms with Crippen molar-refractivity contribution in [2.75, 3.05) is 6.61 Å². The number of hydrogen-bond donors (Lipinski definition) is 2. The first-order valence-corrected chi connectivity index (χ1v) is 6.23. The quantitative estimate of drug-likeness (QED) is 0.693. The molecule has 0 radical (unpaired) electrons. The van der Waals surface area contributed by atoms with Crippen LogP contribution >= 0.6 is 0 Å². The van der Waals surface area contributed by atoms with Gasteiger partial charge in [0.25, 0.3) is 0 Å². The molecule has 0 spiro atoms. The lowest BCUT2D eigenvalue weighted by Crippen LogP contribution is -2.40. The van der Waals surface area contributed by atoms with E-state index in [2.05, 4.69) is 4.72 Å². The summed E-state index contributed by atoms with van der Waals surface area (Å²) in [5, 5.41) is 8.48. The molecule has 13 heavy (non-hydrogen) atoms. The monoisotopic (exact) mass is 207 g/mol. The van der Waals surface area contributed by atoms with E-state index in [1.807, 2.05) is 0 Å². The minimum absolute atomic E-state index is 0.147. The molecule has 78 valence electrons. The van der Waals surface area contributed by atoms with Crippen LogP contribution in [0.2, 0.25) is 0 Å². The Balaban J connectivity index is 2.54. The first-order chi connectivity index (χ1) is 6.06. The summed E-state index contributed by atoms with van der Waals surface area (Å²) in [7, 11) is -3.18. The molecule has 0 saturated heterocycles. The SMILES string of the molecule is C[C@@H](CO)NS(=O)(=O)C1CCCC1. The van der Waals surface area contributed by atoms with Crippen molar-refractivity contribution in [3.8, 4) is 0 Å². The van der Waals surface area contributed by atoms with Gasteiger partial charge in [-0.05, 0) is 19.8 Å². The molecule has 1 fully saturated rings. The summed E-state index contributed by atoms with van der Waals surface area (Å²) < 4.78 is 25.6. The first-order valence-electron chi connectivity index (χ1n) is 4.68. The smallest absolute Gasteiger partial charge is 0.214 e. The Morgan fingerprint density at radius 1 is 1.46 bits per heavy atom. The van der Waals surface area contributed by atoms with Gasteiger partial charge < -0.3 is 5.11 Å². The maximum atomic E-state index is 11.6. The normalized spacial score (nSPS) is 22.0. The second kappa shape index (κ2) is 4.39. The van der Waals surface area contributed by atoms with E-state index in [4.69, 9.17) is 5.11 Å². The zero-order valence-electron chi connectivity index (χ0n) is 7.86. The van der Waals surface area contributed by atoms with Gasteiger partial charge in [0.1, 0.15) is 0 Å².